The highest BCUT2D eigenvalue weighted by atomic mass is 16.1. The van der Waals surface area contributed by atoms with Crippen LogP contribution in [-0.4, -0.2) is 30.6 Å². The highest BCUT2D eigenvalue weighted by Crippen LogP contribution is 2.09. The summed E-state index contributed by atoms with van der Waals surface area (Å²) < 4.78 is 1.79. The van der Waals surface area contributed by atoms with Crippen LogP contribution in [0.1, 0.15) is 42.6 Å². The lowest BCUT2D eigenvalue weighted by Crippen LogP contribution is -2.29. The normalized spacial score (nSPS) is 12.1. The first-order chi connectivity index (χ1) is 9.22. The van der Waals surface area contributed by atoms with Crippen LogP contribution in [0.15, 0.2) is 24.9 Å². The highest BCUT2D eigenvalue weighted by molar-refractivity contribution is 5.92. The minimum atomic E-state index is -0.272. The fourth-order valence-electron chi connectivity index (χ4n) is 1.74. The standard InChI is InChI=1S/C12H16N6O/c1-3-6-18-11(15-8-16-18)9(2)17-12(19)10-7-13-4-5-14-10/h4-5,7-9H,3,6H2,1-2H3,(H,17,19)/t9-/m0/s1. The molecule has 1 N–H and O–H groups in total. The van der Waals surface area contributed by atoms with Crippen molar-refractivity contribution in [3.63, 3.8) is 0 Å². The number of nitrogens with one attached hydrogen (secondary N) is 1. The van der Waals surface area contributed by atoms with Crippen LogP contribution in [0.5, 0.6) is 0 Å². The average Bonchev–Trinajstić information content (AvgIpc) is 2.88. The lowest BCUT2D eigenvalue weighted by Gasteiger charge is -2.13. The zero-order valence-electron chi connectivity index (χ0n) is 10.9. The van der Waals surface area contributed by atoms with Crippen molar-refractivity contribution in [1.82, 2.24) is 30.0 Å². The Labute approximate surface area is 111 Å². The van der Waals surface area contributed by atoms with E-state index in [0.717, 1.165) is 18.8 Å². The smallest absolute Gasteiger partial charge is 0.272 e. The van der Waals surface area contributed by atoms with E-state index in [-0.39, 0.29) is 17.6 Å². The monoisotopic (exact) mass is 260 g/mol. The Hall–Kier alpha value is -2.31. The Bertz CT molecular complexity index is 538. The molecule has 0 spiro atoms. The van der Waals surface area contributed by atoms with Gasteiger partial charge in [0.05, 0.1) is 12.2 Å². The van der Waals surface area contributed by atoms with Gasteiger partial charge in [-0.15, -0.1) is 0 Å². The lowest BCUT2D eigenvalue weighted by molar-refractivity contribution is 0.0932. The van der Waals surface area contributed by atoms with Gasteiger partial charge < -0.3 is 5.32 Å². The third-order valence-electron chi connectivity index (χ3n) is 2.61. The van der Waals surface area contributed by atoms with Crippen molar-refractivity contribution in [1.29, 1.82) is 0 Å². The van der Waals surface area contributed by atoms with Gasteiger partial charge in [0.2, 0.25) is 0 Å². The van der Waals surface area contributed by atoms with Crippen molar-refractivity contribution in [3.05, 3.63) is 36.4 Å². The van der Waals surface area contributed by atoms with Crippen molar-refractivity contribution in [2.75, 3.05) is 0 Å². The molecule has 0 fully saturated rings. The van der Waals surface area contributed by atoms with Crippen molar-refractivity contribution in [2.45, 2.75) is 32.9 Å². The van der Waals surface area contributed by atoms with E-state index in [1.165, 1.54) is 24.9 Å². The molecule has 0 aliphatic rings. The molecule has 0 aliphatic carbocycles. The molecule has 19 heavy (non-hydrogen) atoms. The molecule has 2 heterocycles. The Morgan fingerprint density at radius 1 is 1.42 bits per heavy atom. The molecule has 2 rings (SSSR count). The third-order valence-corrected chi connectivity index (χ3v) is 2.61. The number of aromatic nitrogens is 5. The Kier molecular flexibility index (Phi) is 4.17. The minimum absolute atomic E-state index is 0.233. The SMILES string of the molecule is CCCn1ncnc1[C@H](C)NC(=O)c1cnccn1. The summed E-state index contributed by atoms with van der Waals surface area (Å²) in [5, 5.41) is 6.97. The van der Waals surface area contributed by atoms with Gasteiger partial charge >= 0.3 is 0 Å². The fourth-order valence-corrected chi connectivity index (χ4v) is 1.74. The van der Waals surface area contributed by atoms with E-state index in [4.69, 9.17) is 0 Å². The number of carbonyl (C=O) groups excluding carboxylic acids is 1. The van der Waals surface area contributed by atoms with Gasteiger partial charge in [0.15, 0.2) is 0 Å². The number of carbonyl (C=O) groups is 1. The number of amides is 1. The Morgan fingerprint density at radius 2 is 2.26 bits per heavy atom. The van der Waals surface area contributed by atoms with E-state index in [1.54, 1.807) is 4.68 Å². The zero-order valence-corrected chi connectivity index (χ0v) is 10.9. The first-order valence-corrected chi connectivity index (χ1v) is 6.17. The van der Waals surface area contributed by atoms with Crippen LogP contribution in [0.3, 0.4) is 0 Å². The molecule has 7 nitrogen and oxygen atoms in total. The van der Waals surface area contributed by atoms with Gasteiger partial charge in [0.25, 0.3) is 5.91 Å². The van der Waals surface area contributed by atoms with E-state index >= 15 is 0 Å². The number of nitrogens with zero attached hydrogens (tertiary/aromatic N) is 5. The molecule has 0 saturated heterocycles. The van der Waals surface area contributed by atoms with Gasteiger partial charge in [0.1, 0.15) is 17.8 Å². The quantitative estimate of drug-likeness (QED) is 0.865. The summed E-state index contributed by atoms with van der Waals surface area (Å²) >= 11 is 0. The maximum Gasteiger partial charge on any atom is 0.272 e. The van der Waals surface area contributed by atoms with Crippen molar-refractivity contribution >= 4 is 5.91 Å². The maximum atomic E-state index is 11.9. The van der Waals surface area contributed by atoms with Gasteiger partial charge in [-0.05, 0) is 13.3 Å². The largest absolute Gasteiger partial charge is 0.341 e. The van der Waals surface area contributed by atoms with Crippen LogP contribution < -0.4 is 5.32 Å². The summed E-state index contributed by atoms with van der Waals surface area (Å²) in [5.74, 6) is 0.464. The molecule has 2 aromatic rings. The van der Waals surface area contributed by atoms with Gasteiger partial charge in [-0.1, -0.05) is 6.92 Å². The third kappa shape index (κ3) is 3.12. The summed E-state index contributed by atoms with van der Waals surface area (Å²) in [5.41, 5.74) is 0.288. The van der Waals surface area contributed by atoms with E-state index in [2.05, 4.69) is 32.3 Å². The molecule has 1 atom stereocenters. The van der Waals surface area contributed by atoms with E-state index in [1.807, 2.05) is 6.92 Å². The van der Waals surface area contributed by atoms with Crippen LogP contribution in [0, 0.1) is 0 Å². The van der Waals surface area contributed by atoms with E-state index in [9.17, 15) is 4.79 Å². The van der Waals surface area contributed by atoms with Crippen LogP contribution in [-0.2, 0) is 6.54 Å². The molecule has 0 unspecified atom stereocenters. The van der Waals surface area contributed by atoms with Crippen LogP contribution in [0.25, 0.3) is 0 Å². The minimum Gasteiger partial charge on any atom is -0.341 e. The molecule has 1 amide bonds. The summed E-state index contributed by atoms with van der Waals surface area (Å²) in [7, 11) is 0. The summed E-state index contributed by atoms with van der Waals surface area (Å²) in [6.07, 6.45) is 6.90. The van der Waals surface area contributed by atoms with Crippen LogP contribution in [0.4, 0.5) is 0 Å². The predicted octanol–water partition coefficient (Wildman–Crippen LogP) is 0.969. The molecule has 0 saturated carbocycles. The van der Waals surface area contributed by atoms with Crippen molar-refractivity contribution in [3.8, 4) is 0 Å². The molecule has 100 valence electrons. The van der Waals surface area contributed by atoms with Crippen LogP contribution in [0.2, 0.25) is 0 Å². The summed E-state index contributed by atoms with van der Waals surface area (Å²) in [6, 6.07) is -0.233. The number of aryl methyl sites for hydroxylation is 1. The molecule has 0 radical (unpaired) electrons. The van der Waals surface area contributed by atoms with Gasteiger partial charge in [-0.25, -0.2) is 14.6 Å². The molecule has 0 bridgehead atoms. The molecular weight excluding hydrogens is 244 g/mol. The molecule has 7 heteroatoms. The molecule has 0 aliphatic heterocycles. The second-order valence-corrected chi connectivity index (χ2v) is 4.13. The Balaban J connectivity index is 2.06. The first kappa shape index (κ1) is 13.1. The fraction of sp³-hybridized carbons (Fsp3) is 0.417. The zero-order chi connectivity index (χ0) is 13.7. The van der Waals surface area contributed by atoms with E-state index in [0.29, 0.717) is 0 Å². The van der Waals surface area contributed by atoms with Gasteiger partial charge in [-0.3, -0.25) is 9.78 Å². The number of hydrogen-bond acceptors (Lipinski definition) is 5. The van der Waals surface area contributed by atoms with Gasteiger partial charge in [-0.2, -0.15) is 5.10 Å². The predicted molar refractivity (Wildman–Crippen MR) is 68.2 cm³/mol. The maximum absolute atomic E-state index is 11.9. The summed E-state index contributed by atoms with van der Waals surface area (Å²) in [4.78, 5) is 24.0. The highest BCUT2D eigenvalue weighted by Gasteiger charge is 2.16. The first-order valence-electron chi connectivity index (χ1n) is 6.17. The summed E-state index contributed by atoms with van der Waals surface area (Å²) in [6.45, 7) is 4.71. The van der Waals surface area contributed by atoms with Crippen molar-refractivity contribution < 1.29 is 4.79 Å². The van der Waals surface area contributed by atoms with E-state index < -0.39 is 0 Å². The lowest BCUT2D eigenvalue weighted by atomic mass is 10.3. The topological polar surface area (TPSA) is 85.6 Å². The van der Waals surface area contributed by atoms with Gasteiger partial charge in [0, 0.05) is 18.9 Å². The molecule has 2 aromatic heterocycles. The molecule has 0 aromatic carbocycles. The van der Waals surface area contributed by atoms with Crippen molar-refractivity contribution in [2.24, 2.45) is 0 Å². The average molecular weight is 260 g/mol. The Morgan fingerprint density at radius 3 is 2.95 bits per heavy atom. The second kappa shape index (κ2) is 6.03. The molecular formula is C12H16N6O. The second-order valence-electron chi connectivity index (χ2n) is 4.13. The van der Waals surface area contributed by atoms with Crippen LogP contribution >= 0.6 is 0 Å². The number of hydrogen-bond donors (Lipinski definition) is 1. The number of rotatable bonds is 5.